The first-order valence-corrected chi connectivity index (χ1v) is 6.84. The minimum atomic E-state index is 0.329. The van der Waals surface area contributed by atoms with Crippen LogP contribution in [0.4, 0.5) is 5.13 Å². The summed E-state index contributed by atoms with van der Waals surface area (Å²) in [7, 11) is 4.14. The Morgan fingerprint density at radius 3 is 3.00 bits per heavy atom. The number of anilines is 1. The molecule has 0 saturated carbocycles. The van der Waals surface area contributed by atoms with Crippen LogP contribution in [0.25, 0.3) is 0 Å². The Bertz CT molecular complexity index is 407. The molecule has 0 aromatic carbocycles. The summed E-state index contributed by atoms with van der Waals surface area (Å²) in [4.78, 5) is 20.0. The highest BCUT2D eigenvalue weighted by Crippen LogP contribution is 2.33. The van der Waals surface area contributed by atoms with Crippen LogP contribution < -0.4 is 4.90 Å². The fourth-order valence-electron chi connectivity index (χ4n) is 2.20. The molecule has 1 saturated heterocycles. The Morgan fingerprint density at radius 1 is 1.65 bits per heavy atom. The van der Waals surface area contributed by atoms with E-state index in [4.69, 9.17) is 11.6 Å². The number of carbonyl (C=O) groups excluding carboxylic acids is 1. The number of hydrogen-bond donors (Lipinski definition) is 0. The van der Waals surface area contributed by atoms with Gasteiger partial charge >= 0.3 is 0 Å². The number of nitrogens with zero attached hydrogens (tertiary/aromatic N) is 3. The number of thiazole rings is 1. The van der Waals surface area contributed by atoms with Crippen molar-refractivity contribution in [2.75, 3.05) is 32.1 Å². The summed E-state index contributed by atoms with van der Waals surface area (Å²) in [6.45, 7) is 2.01. The lowest BCUT2D eigenvalue weighted by molar-refractivity contribution is 0.112. The maximum Gasteiger partial charge on any atom is 0.187 e. The molecular formula is C11H16ClN3OS. The third-order valence-corrected chi connectivity index (χ3v) is 4.32. The van der Waals surface area contributed by atoms with Crippen LogP contribution in [0.1, 0.15) is 22.5 Å². The molecule has 0 spiro atoms. The van der Waals surface area contributed by atoms with Crippen LogP contribution in [0.15, 0.2) is 0 Å². The molecular weight excluding hydrogens is 258 g/mol. The highest BCUT2D eigenvalue weighted by atomic mass is 35.5. The van der Waals surface area contributed by atoms with Gasteiger partial charge in [0.1, 0.15) is 4.88 Å². The van der Waals surface area contributed by atoms with Crippen molar-refractivity contribution in [3.05, 3.63) is 10.0 Å². The van der Waals surface area contributed by atoms with Gasteiger partial charge in [-0.15, -0.1) is 0 Å². The Morgan fingerprint density at radius 2 is 2.41 bits per heavy atom. The van der Waals surface area contributed by atoms with E-state index in [1.54, 1.807) is 0 Å². The molecule has 1 aromatic rings. The van der Waals surface area contributed by atoms with Crippen molar-refractivity contribution in [3.8, 4) is 0 Å². The quantitative estimate of drug-likeness (QED) is 0.788. The van der Waals surface area contributed by atoms with E-state index in [2.05, 4.69) is 28.9 Å². The first-order valence-electron chi connectivity index (χ1n) is 5.64. The fraction of sp³-hybridized carbons (Fsp3) is 0.636. The average Bonchev–Trinajstić information content (AvgIpc) is 2.83. The predicted octanol–water partition coefficient (Wildman–Crippen LogP) is 2.14. The van der Waals surface area contributed by atoms with Crippen molar-refractivity contribution >= 4 is 34.4 Å². The molecule has 0 radical (unpaired) electrons. The summed E-state index contributed by atoms with van der Waals surface area (Å²) >= 11 is 7.29. The van der Waals surface area contributed by atoms with Crippen LogP contribution in [0, 0.1) is 0 Å². The van der Waals surface area contributed by atoms with Crippen molar-refractivity contribution in [2.24, 2.45) is 0 Å². The number of likely N-dealkylation sites (N-methyl/N-ethyl adjacent to an activating group) is 1. The first-order chi connectivity index (χ1) is 8.11. The van der Waals surface area contributed by atoms with E-state index in [0.29, 0.717) is 16.1 Å². The average molecular weight is 274 g/mol. The molecule has 1 aromatic heterocycles. The zero-order chi connectivity index (χ0) is 12.4. The van der Waals surface area contributed by atoms with E-state index in [1.165, 1.54) is 24.2 Å². The van der Waals surface area contributed by atoms with Crippen LogP contribution in [-0.2, 0) is 0 Å². The van der Waals surface area contributed by atoms with Gasteiger partial charge in [0.2, 0.25) is 0 Å². The van der Waals surface area contributed by atoms with Crippen molar-refractivity contribution in [1.82, 2.24) is 9.88 Å². The minimum Gasteiger partial charge on any atom is -0.344 e. The van der Waals surface area contributed by atoms with Crippen molar-refractivity contribution < 1.29 is 4.79 Å². The smallest absolute Gasteiger partial charge is 0.187 e. The lowest BCUT2D eigenvalue weighted by Gasteiger charge is -2.26. The van der Waals surface area contributed by atoms with Gasteiger partial charge in [-0.2, -0.15) is 0 Å². The predicted molar refractivity (Wildman–Crippen MR) is 71.4 cm³/mol. The number of hydrogen-bond acceptors (Lipinski definition) is 5. The van der Waals surface area contributed by atoms with Crippen LogP contribution in [-0.4, -0.2) is 49.4 Å². The van der Waals surface area contributed by atoms with Gasteiger partial charge in [0.05, 0.1) is 0 Å². The van der Waals surface area contributed by atoms with Gasteiger partial charge in [-0.25, -0.2) is 4.98 Å². The van der Waals surface area contributed by atoms with Crippen LogP contribution in [0.3, 0.4) is 0 Å². The van der Waals surface area contributed by atoms with Gasteiger partial charge in [-0.05, 0) is 26.9 Å². The maximum atomic E-state index is 10.8. The van der Waals surface area contributed by atoms with Gasteiger partial charge in [-0.1, -0.05) is 22.9 Å². The van der Waals surface area contributed by atoms with Crippen molar-refractivity contribution in [1.29, 1.82) is 0 Å². The molecule has 0 amide bonds. The summed E-state index contributed by atoms with van der Waals surface area (Å²) in [5, 5.41) is 1.21. The second kappa shape index (κ2) is 5.33. The second-order valence-corrected chi connectivity index (χ2v) is 5.89. The summed E-state index contributed by atoms with van der Waals surface area (Å²) < 4.78 is 0. The lowest BCUT2D eigenvalue weighted by atomic mass is 10.2. The first kappa shape index (κ1) is 12.8. The van der Waals surface area contributed by atoms with E-state index in [1.807, 2.05) is 0 Å². The summed E-state index contributed by atoms with van der Waals surface area (Å²) in [6.07, 6.45) is 3.12. The normalized spacial score (nSPS) is 20.2. The number of carbonyl (C=O) groups is 1. The molecule has 1 aliphatic rings. The van der Waals surface area contributed by atoms with Crippen LogP contribution >= 0.6 is 22.9 Å². The lowest BCUT2D eigenvalue weighted by Crippen LogP contribution is -2.37. The van der Waals surface area contributed by atoms with Crippen molar-refractivity contribution in [2.45, 2.75) is 18.9 Å². The Kier molecular flexibility index (Phi) is 4.01. The summed E-state index contributed by atoms with van der Waals surface area (Å²) in [5.74, 6) is 0. The Balaban J connectivity index is 2.16. The third kappa shape index (κ3) is 2.78. The third-order valence-electron chi connectivity index (χ3n) is 2.90. The standard InChI is InChI=1S/C11H16ClN3OS/c1-14(2)6-8-4-3-5-15(8)11-13-10(12)9(7-16)17-11/h7-8H,3-6H2,1-2H3. The van der Waals surface area contributed by atoms with E-state index < -0.39 is 0 Å². The Hall–Kier alpha value is -0.650. The zero-order valence-electron chi connectivity index (χ0n) is 10.0. The molecule has 2 heterocycles. The summed E-state index contributed by atoms with van der Waals surface area (Å²) in [5.41, 5.74) is 0. The minimum absolute atomic E-state index is 0.329. The maximum absolute atomic E-state index is 10.8. The fourth-order valence-corrected chi connectivity index (χ4v) is 3.36. The highest BCUT2D eigenvalue weighted by molar-refractivity contribution is 7.17. The molecule has 1 aliphatic heterocycles. The van der Waals surface area contributed by atoms with E-state index >= 15 is 0 Å². The SMILES string of the molecule is CN(C)CC1CCCN1c1nc(Cl)c(C=O)s1. The molecule has 4 nitrogen and oxygen atoms in total. The van der Waals surface area contributed by atoms with E-state index in [0.717, 1.165) is 24.5 Å². The molecule has 17 heavy (non-hydrogen) atoms. The molecule has 0 aliphatic carbocycles. The van der Waals surface area contributed by atoms with E-state index in [9.17, 15) is 4.79 Å². The summed E-state index contributed by atoms with van der Waals surface area (Å²) in [6, 6.07) is 0.478. The molecule has 94 valence electrons. The molecule has 0 bridgehead atoms. The number of aromatic nitrogens is 1. The molecule has 1 fully saturated rings. The van der Waals surface area contributed by atoms with Gasteiger partial charge in [0.15, 0.2) is 16.6 Å². The number of aldehydes is 1. The van der Waals surface area contributed by atoms with Gasteiger partial charge < -0.3 is 9.80 Å². The molecule has 1 atom stereocenters. The van der Waals surface area contributed by atoms with Gasteiger partial charge in [0, 0.05) is 19.1 Å². The van der Waals surface area contributed by atoms with Crippen LogP contribution in [0.2, 0.25) is 5.15 Å². The molecule has 6 heteroatoms. The molecule has 2 rings (SSSR count). The topological polar surface area (TPSA) is 36.4 Å². The largest absolute Gasteiger partial charge is 0.344 e. The number of rotatable bonds is 4. The molecule has 0 N–H and O–H groups in total. The Labute approximate surface area is 110 Å². The van der Waals surface area contributed by atoms with Crippen molar-refractivity contribution in [3.63, 3.8) is 0 Å². The van der Waals surface area contributed by atoms with Gasteiger partial charge in [0.25, 0.3) is 0 Å². The number of halogens is 1. The highest BCUT2D eigenvalue weighted by Gasteiger charge is 2.28. The van der Waals surface area contributed by atoms with Crippen LogP contribution in [0.5, 0.6) is 0 Å². The monoisotopic (exact) mass is 273 g/mol. The molecule has 1 unspecified atom stereocenters. The van der Waals surface area contributed by atoms with E-state index in [-0.39, 0.29) is 0 Å². The van der Waals surface area contributed by atoms with Gasteiger partial charge in [-0.3, -0.25) is 4.79 Å². The second-order valence-electron chi connectivity index (χ2n) is 4.52. The zero-order valence-corrected chi connectivity index (χ0v) is 11.6.